The van der Waals surface area contributed by atoms with Gasteiger partial charge in [-0.3, -0.25) is 4.79 Å². The molecule has 0 atom stereocenters. The van der Waals surface area contributed by atoms with E-state index in [1.54, 1.807) is 17.5 Å². The second-order valence-electron chi connectivity index (χ2n) is 5.42. The summed E-state index contributed by atoms with van der Waals surface area (Å²) in [6.45, 7) is 1.96. The molecular weight excluding hydrogens is 294 g/mol. The van der Waals surface area contributed by atoms with Crippen molar-refractivity contribution >= 4 is 28.8 Å². The van der Waals surface area contributed by atoms with Crippen molar-refractivity contribution < 1.29 is 4.79 Å². The number of nitrogens with zero attached hydrogens (tertiary/aromatic N) is 3. The molecule has 102 valence electrons. The minimum absolute atomic E-state index is 0.0277. The number of halogens is 1. The summed E-state index contributed by atoms with van der Waals surface area (Å²) >= 11 is 7.55. The molecule has 0 unspecified atom stereocenters. The SMILES string of the molecule is Cc1cnc(Cl)nc1-c1cc2c(s1)C1(CC1)N(C)C2=O. The third kappa shape index (κ3) is 1.45. The van der Waals surface area contributed by atoms with E-state index in [2.05, 4.69) is 9.97 Å². The van der Waals surface area contributed by atoms with E-state index in [9.17, 15) is 4.79 Å². The number of carbonyl (C=O) groups is 1. The Bertz CT molecular complexity index is 751. The number of aryl methyl sites for hydroxylation is 1. The number of rotatable bonds is 1. The standard InChI is InChI=1S/C14H12ClN3OS/c1-7-6-16-13(15)17-10(7)9-5-8-11(20-9)14(3-4-14)18(2)12(8)19/h5-6H,3-4H2,1-2H3. The molecule has 0 bridgehead atoms. The van der Waals surface area contributed by atoms with E-state index in [0.717, 1.165) is 34.5 Å². The average molecular weight is 306 g/mol. The number of carbonyl (C=O) groups excluding carboxylic acids is 1. The van der Waals surface area contributed by atoms with Crippen LogP contribution in [0.3, 0.4) is 0 Å². The van der Waals surface area contributed by atoms with Gasteiger partial charge in [0.25, 0.3) is 5.91 Å². The summed E-state index contributed by atoms with van der Waals surface area (Å²) in [4.78, 5) is 24.7. The molecule has 2 aliphatic rings. The lowest BCUT2D eigenvalue weighted by molar-refractivity contribution is 0.0756. The maximum absolute atomic E-state index is 12.3. The molecule has 20 heavy (non-hydrogen) atoms. The second kappa shape index (κ2) is 3.80. The van der Waals surface area contributed by atoms with Crippen molar-refractivity contribution in [3.63, 3.8) is 0 Å². The maximum Gasteiger partial charge on any atom is 0.255 e. The van der Waals surface area contributed by atoms with Gasteiger partial charge in [0.1, 0.15) is 0 Å². The quantitative estimate of drug-likeness (QED) is 0.760. The van der Waals surface area contributed by atoms with Gasteiger partial charge in [0.15, 0.2) is 0 Å². The Balaban J connectivity index is 1.88. The molecule has 1 aliphatic heterocycles. The summed E-state index contributed by atoms with van der Waals surface area (Å²) in [5.41, 5.74) is 2.61. The van der Waals surface area contributed by atoms with Crippen LogP contribution < -0.4 is 0 Å². The van der Waals surface area contributed by atoms with Crippen molar-refractivity contribution in [2.45, 2.75) is 25.3 Å². The summed E-state index contributed by atoms with van der Waals surface area (Å²) in [5.74, 6) is 0.123. The number of amides is 1. The fourth-order valence-electron chi connectivity index (χ4n) is 2.89. The normalized spacial score (nSPS) is 18.8. The zero-order chi connectivity index (χ0) is 14.1. The van der Waals surface area contributed by atoms with E-state index in [4.69, 9.17) is 11.6 Å². The Kier molecular flexibility index (Phi) is 2.34. The molecule has 4 rings (SSSR count). The van der Waals surface area contributed by atoms with E-state index in [-0.39, 0.29) is 16.7 Å². The van der Waals surface area contributed by atoms with Gasteiger partial charge >= 0.3 is 0 Å². The Labute approximate surface area is 125 Å². The van der Waals surface area contributed by atoms with Gasteiger partial charge in [0.05, 0.1) is 21.7 Å². The molecule has 1 aliphatic carbocycles. The van der Waals surface area contributed by atoms with Crippen LogP contribution in [0.5, 0.6) is 0 Å². The van der Waals surface area contributed by atoms with Crippen LogP contribution in [-0.4, -0.2) is 27.8 Å². The first-order valence-electron chi connectivity index (χ1n) is 6.45. The highest BCUT2D eigenvalue weighted by Crippen LogP contribution is 2.59. The monoisotopic (exact) mass is 305 g/mol. The largest absolute Gasteiger partial charge is 0.331 e. The van der Waals surface area contributed by atoms with Crippen molar-refractivity contribution in [3.05, 3.63) is 33.6 Å². The lowest BCUT2D eigenvalue weighted by Gasteiger charge is -2.19. The lowest BCUT2D eigenvalue weighted by atomic mass is 10.1. The highest BCUT2D eigenvalue weighted by molar-refractivity contribution is 7.16. The highest BCUT2D eigenvalue weighted by Gasteiger charge is 2.57. The number of hydrogen-bond acceptors (Lipinski definition) is 4. The minimum Gasteiger partial charge on any atom is -0.331 e. The molecule has 0 N–H and O–H groups in total. The Morgan fingerprint density at radius 2 is 2.20 bits per heavy atom. The van der Waals surface area contributed by atoms with Gasteiger partial charge in [-0.2, -0.15) is 0 Å². The van der Waals surface area contributed by atoms with Crippen molar-refractivity contribution in [1.82, 2.24) is 14.9 Å². The molecule has 1 spiro atoms. The van der Waals surface area contributed by atoms with Gasteiger partial charge in [-0.05, 0) is 43.0 Å². The Hall–Kier alpha value is -1.46. The predicted molar refractivity (Wildman–Crippen MR) is 78.1 cm³/mol. The molecule has 0 radical (unpaired) electrons. The predicted octanol–water partition coefficient (Wildman–Crippen LogP) is 3.24. The molecule has 3 heterocycles. The van der Waals surface area contributed by atoms with Crippen molar-refractivity contribution in [2.24, 2.45) is 0 Å². The summed E-state index contributed by atoms with van der Waals surface area (Å²) in [5, 5.41) is 0.240. The van der Waals surface area contributed by atoms with Crippen molar-refractivity contribution in [3.8, 4) is 10.6 Å². The summed E-state index contributed by atoms with van der Waals surface area (Å²) < 4.78 is 0. The van der Waals surface area contributed by atoms with Gasteiger partial charge < -0.3 is 4.90 Å². The molecule has 1 fully saturated rings. The van der Waals surface area contributed by atoms with Gasteiger partial charge in [0.2, 0.25) is 5.28 Å². The summed E-state index contributed by atoms with van der Waals surface area (Å²) in [7, 11) is 1.90. The van der Waals surface area contributed by atoms with E-state index >= 15 is 0 Å². The lowest BCUT2D eigenvalue weighted by Crippen LogP contribution is -2.28. The van der Waals surface area contributed by atoms with Crippen LogP contribution in [-0.2, 0) is 5.54 Å². The van der Waals surface area contributed by atoms with Crippen molar-refractivity contribution in [2.75, 3.05) is 7.05 Å². The van der Waals surface area contributed by atoms with Crippen LogP contribution in [0.25, 0.3) is 10.6 Å². The van der Waals surface area contributed by atoms with E-state index in [1.807, 2.05) is 24.9 Å². The Morgan fingerprint density at radius 1 is 1.45 bits per heavy atom. The molecule has 4 nitrogen and oxygen atoms in total. The zero-order valence-corrected chi connectivity index (χ0v) is 12.7. The van der Waals surface area contributed by atoms with Crippen molar-refractivity contribution in [1.29, 1.82) is 0 Å². The number of thiophene rings is 1. The fraction of sp³-hybridized carbons (Fsp3) is 0.357. The second-order valence-corrected chi connectivity index (χ2v) is 6.81. The van der Waals surface area contributed by atoms with E-state index in [1.165, 1.54) is 4.88 Å². The molecule has 2 aromatic heterocycles. The molecule has 1 amide bonds. The molecule has 1 saturated carbocycles. The number of aromatic nitrogens is 2. The van der Waals surface area contributed by atoms with Gasteiger partial charge in [-0.15, -0.1) is 11.3 Å². The molecule has 6 heteroatoms. The highest BCUT2D eigenvalue weighted by atomic mass is 35.5. The first kappa shape index (κ1) is 12.3. The van der Waals surface area contributed by atoms with Crippen LogP contribution >= 0.6 is 22.9 Å². The smallest absolute Gasteiger partial charge is 0.255 e. The Morgan fingerprint density at radius 3 is 2.90 bits per heavy atom. The van der Waals surface area contributed by atoms with Gasteiger partial charge in [-0.1, -0.05) is 0 Å². The molecular formula is C14H12ClN3OS. The zero-order valence-electron chi connectivity index (χ0n) is 11.1. The van der Waals surface area contributed by atoms with Crippen LogP contribution in [0.15, 0.2) is 12.3 Å². The maximum atomic E-state index is 12.3. The fourth-order valence-corrected chi connectivity index (χ4v) is 4.51. The third-order valence-corrected chi connectivity index (χ3v) is 5.75. The third-order valence-electron chi connectivity index (χ3n) is 4.23. The number of hydrogen-bond donors (Lipinski definition) is 0. The number of fused-ring (bicyclic) bond motifs is 2. The first-order valence-corrected chi connectivity index (χ1v) is 7.64. The van der Waals surface area contributed by atoms with Crippen LogP contribution in [0.1, 0.15) is 33.6 Å². The average Bonchev–Trinajstić information content (AvgIpc) is 3.08. The minimum atomic E-state index is -0.0277. The van der Waals surface area contributed by atoms with Crippen LogP contribution in [0.4, 0.5) is 0 Å². The van der Waals surface area contributed by atoms with E-state index in [0.29, 0.717) is 0 Å². The first-order chi connectivity index (χ1) is 9.53. The molecule has 2 aromatic rings. The summed E-state index contributed by atoms with van der Waals surface area (Å²) in [6.07, 6.45) is 3.84. The van der Waals surface area contributed by atoms with E-state index < -0.39 is 0 Å². The molecule has 0 saturated heterocycles. The van der Waals surface area contributed by atoms with Crippen LogP contribution in [0, 0.1) is 6.92 Å². The molecule has 0 aromatic carbocycles. The van der Waals surface area contributed by atoms with Crippen LogP contribution in [0.2, 0.25) is 5.28 Å². The topological polar surface area (TPSA) is 46.1 Å². The summed E-state index contributed by atoms with van der Waals surface area (Å²) in [6, 6.07) is 1.96. The van der Waals surface area contributed by atoms with Gasteiger partial charge in [0, 0.05) is 18.1 Å². The van der Waals surface area contributed by atoms with Gasteiger partial charge in [-0.25, -0.2) is 9.97 Å².